The topological polar surface area (TPSA) is 55.2 Å². The van der Waals surface area contributed by atoms with Gasteiger partial charge < -0.3 is 14.1 Å². The highest BCUT2D eigenvalue weighted by atomic mass is 79.9. The summed E-state index contributed by atoms with van der Waals surface area (Å²) < 4.78 is 10.5. The summed E-state index contributed by atoms with van der Waals surface area (Å²) >= 11 is 3.27. The monoisotopic (exact) mass is 243 g/mol. The highest BCUT2D eigenvalue weighted by Crippen LogP contribution is 2.26. The van der Waals surface area contributed by atoms with Crippen molar-refractivity contribution in [3.63, 3.8) is 0 Å². The molecular weight excluding hydrogens is 238 g/mol. The van der Waals surface area contributed by atoms with E-state index in [0.29, 0.717) is 11.3 Å². The minimum absolute atomic E-state index is 0.387. The Bertz CT molecular complexity index is 457. The molecule has 4 nitrogen and oxygen atoms in total. The molecule has 0 unspecified atom stereocenters. The zero-order valence-corrected chi connectivity index (χ0v) is 8.34. The standard InChI is InChI=1S/C8H6BrNO3/c1-12-8(11)5-2-6-7(10-5)4(9)3-13-6/h2-3,10H,1H3. The molecule has 0 fully saturated rings. The number of furan rings is 1. The van der Waals surface area contributed by atoms with Crippen molar-refractivity contribution in [2.75, 3.05) is 7.11 Å². The van der Waals surface area contributed by atoms with Crippen LogP contribution in [0.15, 0.2) is 21.2 Å². The number of carbonyl (C=O) groups excluding carboxylic acids is 1. The number of carbonyl (C=O) groups is 1. The zero-order valence-electron chi connectivity index (χ0n) is 6.76. The van der Waals surface area contributed by atoms with Crippen molar-refractivity contribution < 1.29 is 13.9 Å². The molecule has 5 heteroatoms. The first-order chi connectivity index (χ1) is 6.22. The van der Waals surface area contributed by atoms with E-state index in [4.69, 9.17) is 4.42 Å². The molecule has 0 saturated carbocycles. The van der Waals surface area contributed by atoms with Crippen LogP contribution in [0.3, 0.4) is 0 Å². The number of hydrogen-bond acceptors (Lipinski definition) is 3. The number of aromatic nitrogens is 1. The predicted molar refractivity (Wildman–Crippen MR) is 49.6 cm³/mol. The fourth-order valence-corrected chi connectivity index (χ4v) is 1.49. The first-order valence-electron chi connectivity index (χ1n) is 3.56. The SMILES string of the molecule is COC(=O)c1cc2occ(Br)c2[nH]1. The van der Waals surface area contributed by atoms with Crippen molar-refractivity contribution in [3.8, 4) is 0 Å². The quantitative estimate of drug-likeness (QED) is 0.783. The van der Waals surface area contributed by atoms with Gasteiger partial charge in [-0.05, 0) is 15.9 Å². The molecule has 68 valence electrons. The number of hydrogen-bond donors (Lipinski definition) is 1. The Kier molecular flexibility index (Phi) is 1.88. The number of esters is 1. The van der Waals surface area contributed by atoms with Crippen LogP contribution in [0.5, 0.6) is 0 Å². The summed E-state index contributed by atoms with van der Waals surface area (Å²) in [5.41, 5.74) is 1.78. The molecule has 0 saturated heterocycles. The fourth-order valence-electron chi connectivity index (χ4n) is 1.10. The molecule has 2 aromatic rings. The lowest BCUT2D eigenvalue weighted by atomic mass is 10.4. The molecule has 0 atom stereocenters. The van der Waals surface area contributed by atoms with E-state index in [1.807, 2.05) is 0 Å². The first kappa shape index (κ1) is 8.37. The van der Waals surface area contributed by atoms with E-state index in [2.05, 4.69) is 25.7 Å². The number of ether oxygens (including phenoxy) is 1. The zero-order chi connectivity index (χ0) is 9.42. The maximum absolute atomic E-state index is 11.1. The van der Waals surface area contributed by atoms with Crippen molar-refractivity contribution in [2.24, 2.45) is 0 Å². The second kappa shape index (κ2) is 2.92. The average molecular weight is 244 g/mol. The molecule has 13 heavy (non-hydrogen) atoms. The van der Waals surface area contributed by atoms with Crippen LogP contribution in [-0.2, 0) is 4.74 Å². The summed E-state index contributed by atoms with van der Waals surface area (Å²) in [5, 5.41) is 0. The van der Waals surface area contributed by atoms with E-state index in [1.165, 1.54) is 7.11 Å². The Hall–Kier alpha value is -1.23. The van der Waals surface area contributed by atoms with Crippen LogP contribution < -0.4 is 0 Å². The van der Waals surface area contributed by atoms with Gasteiger partial charge in [-0.2, -0.15) is 0 Å². The summed E-state index contributed by atoms with van der Waals surface area (Å²) in [6.07, 6.45) is 1.56. The number of H-pyrrole nitrogens is 1. The van der Waals surface area contributed by atoms with Gasteiger partial charge in [-0.1, -0.05) is 0 Å². The van der Waals surface area contributed by atoms with Crippen molar-refractivity contribution in [1.82, 2.24) is 4.98 Å². The van der Waals surface area contributed by atoms with Crippen molar-refractivity contribution >= 4 is 33.0 Å². The van der Waals surface area contributed by atoms with Gasteiger partial charge in [0, 0.05) is 6.07 Å². The minimum atomic E-state index is -0.404. The van der Waals surface area contributed by atoms with Gasteiger partial charge in [-0.25, -0.2) is 4.79 Å². The third-order valence-electron chi connectivity index (χ3n) is 1.71. The molecule has 0 amide bonds. The predicted octanol–water partition coefficient (Wildman–Crippen LogP) is 2.31. The molecule has 2 heterocycles. The molecule has 0 spiro atoms. The average Bonchev–Trinajstić information content (AvgIpc) is 2.67. The molecule has 0 radical (unpaired) electrons. The van der Waals surface area contributed by atoms with E-state index in [0.717, 1.165) is 9.99 Å². The van der Waals surface area contributed by atoms with Crippen LogP contribution in [0, 0.1) is 0 Å². The second-order valence-electron chi connectivity index (χ2n) is 2.50. The molecular formula is C8H6BrNO3. The third kappa shape index (κ3) is 1.25. The largest absolute Gasteiger partial charge is 0.464 e. The lowest BCUT2D eigenvalue weighted by Gasteiger charge is -1.92. The van der Waals surface area contributed by atoms with Gasteiger partial charge in [0.05, 0.1) is 17.1 Å². The van der Waals surface area contributed by atoms with Gasteiger partial charge in [0.25, 0.3) is 0 Å². The van der Waals surface area contributed by atoms with Gasteiger partial charge >= 0.3 is 5.97 Å². The Morgan fingerprint density at radius 2 is 2.46 bits per heavy atom. The van der Waals surface area contributed by atoms with Crippen molar-refractivity contribution in [2.45, 2.75) is 0 Å². The van der Waals surface area contributed by atoms with Crippen molar-refractivity contribution in [1.29, 1.82) is 0 Å². The Morgan fingerprint density at radius 3 is 3.08 bits per heavy atom. The third-order valence-corrected chi connectivity index (χ3v) is 2.30. The van der Waals surface area contributed by atoms with Crippen LogP contribution in [0.25, 0.3) is 11.1 Å². The highest BCUT2D eigenvalue weighted by molar-refractivity contribution is 9.10. The van der Waals surface area contributed by atoms with Crippen LogP contribution in [0.2, 0.25) is 0 Å². The van der Waals surface area contributed by atoms with E-state index < -0.39 is 5.97 Å². The van der Waals surface area contributed by atoms with Crippen LogP contribution in [-0.4, -0.2) is 18.1 Å². The van der Waals surface area contributed by atoms with Crippen LogP contribution in [0.1, 0.15) is 10.5 Å². The van der Waals surface area contributed by atoms with Crippen molar-refractivity contribution in [3.05, 3.63) is 22.5 Å². The molecule has 2 rings (SSSR count). The molecule has 1 N–H and O–H groups in total. The first-order valence-corrected chi connectivity index (χ1v) is 4.35. The summed E-state index contributed by atoms with van der Waals surface area (Å²) in [7, 11) is 1.33. The van der Waals surface area contributed by atoms with Crippen LogP contribution in [0.4, 0.5) is 0 Å². The second-order valence-corrected chi connectivity index (χ2v) is 3.35. The summed E-state index contributed by atoms with van der Waals surface area (Å²) in [6.45, 7) is 0. The maximum atomic E-state index is 11.1. The normalized spacial score (nSPS) is 10.6. The minimum Gasteiger partial charge on any atom is -0.464 e. The molecule has 0 aliphatic carbocycles. The molecule has 0 bridgehead atoms. The van der Waals surface area contributed by atoms with Gasteiger partial charge in [0.15, 0.2) is 5.58 Å². The Morgan fingerprint density at radius 1 is 1.69 bits per heavy atom. The summed E-state index contributed by atoms with van der Waals surface area (Å²) in [4.78, 5) is 14.0. The van der Waals surface area contributed by atoms with Gasteiger partial charge in [-0.15, -0.1) is 0 Å². The molecule has 0 aliphatic rings. The Labute approximate surface area is 82.0 Å². The van der Waals surface area contributed by atoms with Gasteiger partial charge in [0.1, 0.15) is 12.0 Å². The van der Waals surface area contributed by atoms with E-state index in [-0.39, 0.29) is 0 Å². The molecule has 2 aromatic heterocycles. The lowest BCUT2D eigenvalue weighted by Crippen LogP contribution is -2.00. The number of nitrogens with one attached hydrogen (secondary N) is 1. The highest BCUT2D eigenvalue weighted by Gasteiger charge is 2.13. The van der Waals surface area contributed by atoms with Crippen LogP contribution >= 0.6 is 15.9 Å². The molecule has 0 aromatic carbocycles. The summed E-state index contributed by atoms with van der Waals surface area (Å²) in [6, 6.07) is 1.60. The maximum Gasteiger partial charge on any atom is 0.354 e. The number of rotatable bonds is 1. The fraction of sp³-hybridized carbons (Fsp3) is 0.125. The van der Waals surface area contributed by atoms with E-state index in [1.54, 1.807) is 12.3 Å². The van der Waals surface area contributed by atoms with Gasteiger partial charge in [-0.3, -0.25) is 0 Å². The van der Waals surface area contributed by atoms with E-state index in [9.17, 15) is 4.79 Å². The lowest BCUT2D eigenvalue weighted by molar-refractivity contribution is 0.0595. The number of halogens is 1. The number of methoxy groups -OCH3 is 1. The van der Waals surface area contributed by atoms with Gasteiger partial charge in [0.2, 0.25) is 0 Å². The number of aromatic amines is 1. The summed E-state index contributed by atoms with van der Waals surface area (Å²) in [5.74, 6) is -0.404. The molecule has 0 aliphatic heterocycles. The number of fused-ring (bicyclic) bond motifs is 1. The Balaban J connectivity index is 2.56. The van der Waals surface area contributed by atoms with E-state index >= 15 is 0 Å². The smallest absolute Gasteiger partial charge is 0.354 e.